The third-order valence-corrected chi connectivity index (χ3v) is 2.10. The molecule has 1 aliphatic heterocycles. The van der Waals surface area contributed by atoms with E-state index in [-0.39, 0.29) is 5.91 Å². The van der Waals surface area contributed by atoms with Gasteiger partial charge in [0, 0.05) is 12.6 Å². The third-order valence-electron chi connectivity index (χ3n) is 1.88. The summed E-state index contributed by atoms with van der Waals surface area (Å²) in [5.41, 5.74) is 0.648. The molecule has 1 aromatic heterocycles. The Kier molecular flexibility index (Phi) is 2.45. The number of anilines is 1. The molecule has 0 bridgehead atoms. The minimum Gasteiger partial charge on any atom is -0.273 e. The van der Waals surface area contributed by atoms with Crippen LogP contribution in [-0.4, -0.2) is 17.1 Å². The summed E-state index contributed by atoms with van der Waals surface area (Å²) in [5, 5.41) is 5.73. The minimum absolute atomic E-state index is 0.0170. The maximum absolute atomic E-state index is 11.4. The lowest BCUT2D eigenvalue weighted by Gasteiger charge is -2.19. The highest BCUT2D eigenvalue weighted by atomic mass is 35.5. The van der Waals surface area contributed by atoms with Gasteiger partial charge < -0.3 is 0 Å². The van der Waals surface area contributed by atoms with Gasteiger partial charge in [-0.3, -0.25) is 4.79 Å². The van der Waals surface area contributed by atoms with E-state index in [4.69, 9.17) is 11.6 Å². The van der Waals surface area contributed by atoms with Crippen LogP contribution in [0.25, 0.3) is 0 Å². The van der Waals surface area contributed by atoms with Crippen molar-refractivity contribution in [2.24, 2.45) is 5.10 Å². The number of hydrogen-bond acceptors (Lipinski definition) is 3. The molecule has 0 saturated heterocycles. The number of rotatable bonds is 1. The van der Waals surface area contributed by atoms with Crippen LogP contribution in [0.2, 0.25) is 5.15 Å². The standard InChI is InChI=1S/C9H8ClN3O/c10-8-4-3-7(6-11-8)13-9(14)2-1-5-12-13/h3-6H,1-2H2. The summed E-state index contributed by atoms with van der Waals surface area (Å²) in [6.45, 7) is 0. The second kappa shape index (κ2) is 3.75. The highest BCUT2D eigenvalue weighted by Crippen LogP contribution is 2.18. The van der Waals surface area contributed by atoms with Gasteiger partial charge in [0.2, 0.25) is 5.91 Å². The van der Waals surface area contributed by atoms with E-state index in [0.29, 0.717) is 23.7 Å². The molecule has 2 rings (SSSR count). The second-order valence-electron chi connectivity index (χ2n) is 2.88. The molecule has 0 unspecified atom stereocenters. The summed E-state index contributed by atoms with van der Waals surface area (Å²) in [4.78, 5) is 15.3. The number of halogens is 1. The number of nitrogens with zero attached hydrogens (tertiary/aromatic N) is 3. The summed E-state index contributed by atoms with van der Waals surface area (Å²) < 4.78 is 0. The fourth-order valence-electron chi connectivity index (χ4n) is 1.20. The third kappa shape index (κ3) is 1.75. The Balaban J connectivity index is 2.29. The maximum atomic E-state index is 11.4. The van der Waals surface area contributed by atoms with Crippen LogP contribution in [0.4, 0.5) is 5.69 Å². The van der Waals surface area contributed by atoms with E-state index in [0.717, 1.165) is 0 Å². The molecule has 0 radical (unpaired) electrons. The molecule has 2 heterocycles. The summed E-state index contributed by atoms with van der Waals surface area (Å²) in [6.07, 6.45) is 4.45. The second-order valence-corrected chi connectivity index (χ2v) is 3.27. The molecule has 0 atom stereocenters. The van der Waals surface area contributed by atoms with Crippen molar-refractivity contribution in [3.8, 4) is 0 Å². The van der Waals surface area contributed by atoms with Gasteiger partial charge in [-0.05, 0) is 18.6 Å². The van der Waals surface area contributed by atoms with E-state index in [2.05, 4.69) is 10.1 Å². The van der Waals surface area contributed by atoms with Gasteiger partial charge in [-0.1, -0.05) is 11.6 Å². The van der Waals surface area contributed by atoms with Crippen LogP contribution in [0.15, 0.2) is 23.4 Å². The van der Waals surface area contributed by atoms with Crippen molar-refractivity contribution in [3.05, 3.63) is 23.5 Å². The topological polar surface area (TPSA) is 45.6 Å². The van der Waals surface area contributed by atoms with E-state index in [1.807, 2.05) is 0 Å². The van der Waals surface area contributed by atoms with Crippen LogP contribution >= 0.6 is 11.6 Å². The van der Waals surface area contributed by atoms with Crippen molar-refractivity contribution in [2.45, 2.75) is 12.8 Å². The first-order valence-corrected chi connectivity index (χ1v) is 4.62. The zero-order chi connectivity index (χ0) is 9.97. The molecular formula is C9H8ClN3O. The van der Waals surface area contributed by atoms with Crippen LogP contribution < -0.4 is 5.01 Å². The molecule has 5 heteroatoms. The molecule has 0 spiro atoms. The fraction of sp³-hybridized carbons (Fsp3) is 0.222. The van der Waals surface area contributed by atoms with Crippen molar-refractivity contribution in [1.29, 1.82) is 0 Å². The summed E-state index contributed by atoms with van der Waals surface area (Å²) in [6, 6.07) is 3.35. The summed E-state index contributed by atoms with van der Waals surface area (Å²) in [7, 11) is 0. The van der Waals surface area contributed by atoms with Crippen LogP contribution in [0.1, 0.15) is 12.8 Å². The van der Waals surface area contributed by atoms with Crippen molar-refractivity contribution >= 4 is 29.4 Å². The largest absolute Gasteiger partial charge is 0.273 e. The van der Waals surface area contributed by atoms with Crippen LogP contribution in [0, 0.1) is 0 Å². The molecule has 0 fully saturated rings. The molecule has 1 aliphatic rings. The van der Waals surface area contributed by atoms with Gasteiger partial charge in [0.1, 0.15) is 5.15 Å². The summed E-state index contributed by atoms with van der Waals surface area (Å²) >= 11 is 5.63. The average molecular weight is 210 g/mol. The lowest BCUT2D eigenvalue weighted by molar-refractivity contribution is -0.118. The van der Waals surface area contributed by atoms with Gasteiger partial charge in [0.05, 0.1) is 11.9 Å². The Hall–Kier alpha value is -1.42. The first kappa shape index (κ1) is 9.15. The molecule has 0 aromatic carbocycles. The zero-order valence-electron chi connectivity index (χ0n) is 7.35. The van der Waals surface area contributed by atoms with Crippen molar-refractivity contribution in [1.82, 2.24) is 4.98 Å². The van der Waals surface area contributed by atoms with E-state index in [1.165, 1.54) is 11.2 Å². The monoisotopic (exact) mass is 209 g/mol. The van der Waals surface area contributed by atoms with E-state index >= 15 is 0 Å². The molecule has 0 aliphatic carbocycles. The molecule has 1 aromatic rings. The SMILES string of the molecule is O=C1CCC=NN1c1ccc(Cl)nc1. The highest BCUT2D eigenvalue weighted by Gasteiger charge is 2.17. The fourth-order valence-corrected chi connectivity index (χ4v) is 1.31. The number of carbonyl (C=O) groups is 1. The van der Waals surface area contributed by atoms with Crippen molar-refractivity contribution in [2.75, 3.05) is 5.01 Å². The van der Waals surface area contributed by atoms with Crippen molar-refractivity contribution in [3.63, 3.8) is 0 Å². The molecule has 14 heavy (non-hydrogen) atoms. The van der Waals surface area contributed by atoms with Crippen LogP contribution in [0.3, 0.4) is 0 Å². The number of aromatic nitrogens is 1. The van der Waals surface area contributed by atoms with E-state index in [9.17, 15) is 4.79 Å². The van der Waals surface area contributed by atoms with Gasteiger partial charge in [-0.25, -0.2) is 4.98 Å². The average Bonchev–Trinajstić information content (AvgIpc) is 2.20. The number of hydrogen-bond donors (Lipinski definition) is 0. The molecular weight excluding hydrogens is 202 g/mol. The maximum Gasteiger partial charge on any atom is 0.247 e. The first-order chi connectivity index (χ1) is 6.77. The van der Waals surface area contributed by atoms with Gasteiger partial charge in [0.25, 0.3) is 0 Å². The van der Waals surface area contributed by atoms with Crippen LogP contribution in [-0.2, 0) is 4.79 Å². The molecule has 0 saturated carbocycles. The number of hydrazone groups is 1. The Morgan fingerprint density at radius 1 is 1.43 bits per heavy atom. The number of amides is 1. The molecule has 0 N–H and O–H groups in total. The zero-order valence-corrected chi connectivity index (χ0v) is 8.11. The van der Waals surface area contributed by atoms with Gasteiger partial charge in [-0.15, -0.1) is 0 Å². The van der Waals surface area contributed by atoms with Gasteiger partial charge in [0.15, 0.2) is 0 Å². The highest BCUT2D eigenvalue weighted by molar-refractivity contribution is 6.29. The predicted molar refractivity (Wildman–Crippen MR) is 54.5 cm³/mol. The quantitative estimate of drug-likeness (QED) is 0.663. The smallest absolute Gasteiger partial charge is 0.247 e. The first-order valence-electron chi connectivity index (χ1n) is 4.24. The Morgan fingerprint density at radius 3 is 2.93 bits per heavy atom. The molecule has 72 valence electrons. The summed E-state index contributed by atoms with van der Waals surface area (Å²) in [5.74, 6) is -0.0170. The Bertz CT molecular complexity index is 374. The molecule has 4 nitrogen and oxygen atoms in total. The lowest BCUT2D eigenvalue weighted by atomic mass is 10.2. The Labute approximate surface area is 86.2 Å². The minimum atomic E-state index is -0.0170. The van der Waals surface area contributed by atoms with Gasteiger partial charge in [-0.2, -0.15) is 10.1 Å². The van der Waals surface area contributed by atoms with E-state index in [1.54, 1.807) is 18.3 Å². The molecule has 1 amide bonds. The number of carbonyl (C=O) groups excluding carboxylic acids is 1. The lowest BCUT2D eigenvalue weighted by Crippen LogP contribution is -2.28. The predicted octanol–water partition coefficient (Wildman–Crippen LogP) is 1.85. The van der Waals surface area contributed by atoms with E-state index < -0.39 is 0 Å². The van der Waals surface area contributed by atoms with Gasteiger partial charge >= 0.3 is 0 Å². The normalized spacial score (nSPS) is 16.1. The van der Waals surface area contributed by atoms with Crippen molar-refractivity contribution < 1.29 is 4.79 Å². The Morgan fingerprint density at radius 2 is 2.29 bits per heavy atom. The van der Waals surface area contributed by atoms with Crippen LogP contribution in [0.5, 0.6) is 0 Å². The number of pyridine rings is 1.